The normalized spacial score (nSPS) is 14.0. The fraction of sp³-hybridized carbons (Fsp3) is 0.250. The number of benzene rings is 2. The molecule has 0 heterocycles. The Morgan fingerprint density at radius 1 is 1.10 bits per heavy atom. The predicted molar refractivity (Wildman–Crippen MR) is 74.3 cm³/mol. The number of aliphatic hydroxyl groups excluding tert-OH is 1. The van der Waals surface area contributed by atoms with Crippen molar-refractivity contribution >= 4 is 0 Å². The van der Waals surface area contributed by atoms with Crippen molar-refractivity contribution < 1.29 is 18.3 Å². The number of aliphatic hydroxyl groups is 1. The van der Waals surface area contributed by atoms with E-state index in [9.17, 15) is 18.3 Å². The monoisotopic (exact) mass is 295 g/mol. The first-order valence-electron chi connectivity index (χ1n) is 6.53. The minimum atomic E-state index is -1.49. The Morgan fingerprint density at radius 3 is 2.24 bits per heavy atom. The number of hydrogen-bond donors (Lipinski definition) is 2. The minimum absolute atomic E-state index is 0.000869. The van der Waals surface area contributed by atoms with Crippen molar-refractivity contribution in [3.8, 4) is 0 Å². The standard InChI is InChI=1S/C16H16F3NO/c1-9-3-2-4-10(5-9)12(8-20)16(21)15-13(18)6-11(17)7-14(15)19/h2-7,12,16,21H,8,20H2,1H3. The second-order valence-electron chi connectivity index (χ2n) is 4.98. The zero-order chi connectivity index (χ0) is 15.6. The van der Waals surface area contributed by atoms with E-state index in [4.69, 9.17) is 5.73 Å². The van der Waals surface area contributed by atoms with Gasteiger partial charge in [-0.15, -0.1) is 0 Å². The highest BCUT2D eigenvalue weighted by Crippen LogP contribution is 2.33. The summed E-state index contributed by atoms with van der Waals surface area (Å²) in [5, 5.41) is 10.3. The molecule has 2 unspecified atom stereocenters. The predicted octanol–water partition coefficient (Wildman–Crippen LogP) is 3.19. The molecule has 2 aromatic rings. The van der Waals surface area contributed by atoms with Gasteiger partial charge in [-0.05, 0) is 12.5 Å². The van der Waals surface area contributed by atoms with Gasteiger partial charge in [-0.25, -0.2) is 13.2 Å². The molecule has 2 rings (SSSR count). The van der Waals surface area contributed by atoms with Crippen LogP contribution in [0, 0.1) is 24.4 Å². The van der Waals surface area contributed by atoms with Crippen molar-refractivity contribution in [1.29, 1.82) is 0 Å². The van der Waals surface area contributed by atoms with Crippen molar-refractivity contribution in [2.24, 2.45) is 5.73 Å². The van der Waals surface area contributed by atoms with Crippen LogP contribution < -0.4 is 5.73 Å². The highest BCUT2D eigenvalue weighted by Gasteiger charge is 2.27. The van der Waals surface area contributed by atoms with Crippen molar-refractivity contribution in [1.82, 2.24) is 0 Å². The molecular formula is C16H16F3NO. The molecular weight excluding hydrogens is 279 g/mol. The lowest BCUT2D eigenvalue weighted by molar-refractivity contribution is 0.138. The zero-order valence-electron chi connectivity index (χ0n) is 11.5. The van der Waals surface area contributed by atoms with Crippen LogP contribution in [0.1, 0.15) is 28.7 Å². The second-order valence-corrected chi connectivity index (χ2v) is 4.98. The summed E-state index contributed by atoms with van der Waals surface area (Å²) < 4.78 is 40.5. The van der Waals surface area contributed by atoms with Crippen molar-refractivity contribution in [3.63, 3.8) is 0 Å². The molecule has 0 bridgehead atoms. The summed E-state index contributed by atoms with van der Waals surface area (Å²) in [5.74, 6) is -3.95. The summed E-state index contributed by atoms with van der Waals surface area (Å²) in [6, 6.07) is 8.25. The fourth-order valence-electron chi connectivity index (χ4n) is 2.39. The molecule has 2 atom stereocenters. The molecule has 5 heteroatoms. The van der Waals surface area contributed by atoms with Crippen LogP contribution in [0.4, 0.5) is 13.2 Å². The molecule has 0 aromatic heterocycles. The average molecular weight is 295 g/mol. The third-order valence-electron chi connectivity index (χ3n) is 3.44. The quantitative estimate of drug-likeness (QED) is 0.910. The Bertz CT molecular complexity index is 622. The molecule has 0 saturated carbocycles. The molecule has 0 fully saturated rings. The van der Waals surface area contributed by atoms with Gasteiger partial charge in [0.25, 0.3) is 0 Å². The molecule has 0 saturated heterocycles. The van der Waals surface area contributed by atoms with E-state index in [0.29, 0.717) is 17.7 Å². The van der Waals surface area contributed by atoms with E-state index >= 15 is 0 Å². The molecule has 0 aliphatic carbocycles. The van der Waals surface area contributed by atoms with Crippen molar-refractivity contribution in [2.75, 3.05) is 6.54 Å². The fourth-order valence-corrected chi connectivity index (χ4v) is 2.39. The van der Waals surface area contributed by atoms with E-state index in [1.807, 2.05) is 13.0 Å². The molecule has 0 spiro atoms. The summed E-state index contributed by atoms with van der Waals surface area (Å²) in [6.07, 6.45) is -1.49. The lowest BCUT2D eigenvalue weighted by Gasteiger charge is -2.23. The van der Waals surface area contributed by atoms with Gasteiger partial charge in [0.05, 0.1) is 11.7 Å². The van der Waals surface area contributed by atoms with Gasteiger partial charge in [0.1, 0.15) is 17.5 Å². The molecule has 21 heavy (non-hydrogen) atoms. The molecule has 2 nitrogen and oxygen atoms in total. The van der Waals surface area contributed by atoms with Gasteiger partial charge in [0.2, 0.25) is 0 Å². The maximum absolute atomic E-state index is 13.8. The van der Waals surface area contributed by atoms with Crippen LogP contribution in [0.5, 0.6) is 0 Å². The molecule has 0 aliphatic rings. The first-order valence-corrected chi connectivity index (χ1v) is 6.53. The number of hydrogen-bond acceptors (Lipinski definition) is 2. The van der Waals surface area contributed by atoms with Crippen LogP contribution in [-0.2, 0) is 0 Å². The van der Waals surface area contributed by atoms with E-state index in [1.165, 1.54) is 0 Å². The Hall–Kier alpha value is -1.85. The number of halogens is 3. The van der Waals surface area contributed by atoms with Gasteiger partial charge in [-0.3, -0.25) is 0 Å². The molecule has 2 aromatic carbocycles. The largest absolute Gasteiger partial charge is 0.388 e. The van der Waals surface area contributed by atoms with Crippen molar-refractivity contribution in [3.05, 3.63) is 70.5 Å². The third kappa shape index (κ3) is 3.25. The first-order chi connectivity index (χ1) is 9.93. The summed E-state index contributed by atoms with van der Waals surface area (Å²) in [7, 11) is 0. The van der Waals surface area contributed by atoms with Gasteiger partial charge in [-0.2, -0.15) is 0 Å². The maximum Gasteiger partial charge on any atom is 0.134 e. The maximum atomic E-state index is 13.8. The topological polar surface area (TPSA) is 46.2 Å². The van der Waals surface area contributed by atoms with Crippen LogP contribution in [0.25, 0.3) is 0 Å². The smallest absolute Gasteiger partial charge is 0.134 e. The average Bonchev–Trinajstić information content (AvgIpc) is 2.38. The van der Waals surface area contributed by atoms with Gasteiger partial charge in [0, 0.05) is 24.6 Å². The summed E-state index contributed by atoms with van der Waals surface area (Å²) in [4.78, 5) is 0. The van der Waals surface area contributed by atoms with Crippen LogP contribution in [0.3, 0.4) is 0 Å². The highest BCUT2D eigenvalue weighted by atomic mass is 19.1. The Balaban J connectivity index is 2.44. The van der Waals surface area contributed by atoms with E-state index in [2.05, 4.69) is 0 Å². The summed E-state index contributed by atoms with van der Waals surface area (Å²) in [6.45, 7) is 1.86. The van der Waals surface area contributed by atoms with Crippen LogP contribution in [0.2, 0.25) is 0 Å². The van der Waals surface area contributed by atoms with E-state index in [0.717, 1.165) is 5.56 Å². The number of nitrogens with two attached hydrogens (primary N) is 1. The minimum Gasteiger partial charge on any atom is -0.388 e. The Labute approximate surface area is 121 Å². The lowest BCUT2D eigenvalue weighted by Crippen LogP contribution is -2.22. The van der Waals surface area contributed by atoms with E-state index in [1.54, 1.807) is 18.2 Å². The SMILES string of the molecule is Cc1cccc(C(CN)C(O)c2c(F)cc(F)cc2F)c1. The van der Waals surface area contributed by atoms with E-state index in [-0.39, 0.29) is 6.54 Å². The molecule has 112 valence electrons. The summed E-state index contributed by atoms with van der Waals surface area (Å²) >= 11 is 0. The van der Waals surface area contributed by atoms with Gasteiger partial charge in [-0.1, -0.05) is 29.8 Å². The molecule has 3 N–H and O–H groups in total. The number of rotatable bonds is 4. The zero-order valence-corrected chi connectivity index (χ0v) is 11.5. The Morgan fingerprint density at radius 2 is 1.71 bits per heavy atom. The molecule has 0 aliphatic heterocycles. The molecule has 0 radical (unpaired) electrons. The van der Waals surface area contributed by atoms with E-state index < -0.39 is 35.0 Å². The van der Waals surface area contributed by atoms with Gasteiger partial charge < -0.3 is 10.8 Å². The molecule has 0 amide bonds. The van der Waals surface area contributed by atoms with Crippen molar-refractivity contribution in [2.45, 2.75) is 18.9 Å². The second kappa shape index (κ2) is 6.28. The highest BCUT2D eigenvalue weighted by molar-refractivity contribution is 5.31. The first kappa shape index (κ1) is 15.5. The lowest BCUT2D eigenvalue weighted by atomic mass is 9.88. The Kier molecular flexibility index (Phi) is 4.65. The van der Waals surface area contributed by atoms with Gasteiger partial charge >= 0.3 is 0 Å². The van der Waals surface area contributed by atoms with Crippen LogP contribution in [-0.4, -0.2) is 11.7 Å². The number of aryl methyl sites for hydroxylation is 1. The third-order valence-corrected chi connectivity index (χ3v) is 3.44. The van der Waals surface area contributed by atoms with Crippen LogP contribution in [0.15, 0.2) is 36.4 Å². The summed E-state index contributed by atoms with van der Waals surface area (Å²) in [5.41, 5.74) is 6.70. The van der Waals surface area contributed by atoms with Crippen LogP contribution >= 0.6 is 0 Å². The van der Waals surface area contributed by atoms with Gasteiger partial charge in [0.15, 0.2) is 0 Å².